The molecule has 2 fully saturated rings. The maximum atomic E-state index is 4.56. The van der Waals surface area contributed by atoms with E-state index < -0.39 is 0 Å². The predicted octanol–water partition coefficient (Wildman–Crippen LogP) is 3.92. The van der Waals surface area contributed by atoms with Crippen LogP contribution >= 0.6 is 28.2 Å². The molecule has 2 aliphatic carbocycles. The minimum atomic E-state index is 0.634. The molecule has 0 N–H and O–H groups in total. The number of halogens is 2. The molecule has 0 aliphatic heterocycles. The molecule has 0 saturated heterocycles. The molecule has 2 nitrogen and oxygen atoms in total. The van der Waals surface area contributed by atoms with Gasteiger partial charge in [-0.25, -0.2) is 0 Å². The van der Waals surface area contributed by atoms with Crippen LogP contribution in [-0.2, 0) is 11.3 Å². The monoisotopic (exact) mass is 378 g/mol. The van der Waals surface area contributed by atoms with Gasteiger partial charge in [0.05, 0.1) is 23.5 Å². The number of hydrogen-bond donors (Lipinski definition) is 0. The van der Waals surface area contributed by atoms with Crippen LogP contribution in [0.1, 0.15) is 39.5 Å². The molecule has 0 radical (unpaired) electrons. The van der Waals surface area contributed by atoms with Crippen molar-refractivity contribution in [1.29, 1.82) is 0 Å². The van der Waals surface area contributed by atoms with Crippen LogP contribution in [0.2, 0.25) is 0 Å². The summed E-state index contributed by atoms with van der Waals surface area (Å²) in [6.45, 7) is 4.17. The summed E-state index contributed by atoms with van der Waals surface area (Å²) in [6, 6.07) is 1.27. The fraction of sp³-hybridized carbons (Fsp3) is 0.800. The Labute approximate surface area is 112 Å². The van der Waals surface area contributed by atoms with E-state index in [0.29, 0.717) is 12.1 Å². The fourth-order valence-corrected chi connectivity index (χ4v) is 1.14. The molecule has 0 amide bonds. The number of hydrogen-bond acceptors (Lipinski definition) is 2. The molecular weight excluding hydrogens is 364 g/mol. The van der Waals surface area contributed by atoms with Gasteiger partial charge in [-0.3, -0.25) is 9.98 Å². The van der Waals surface area contributed by atoms with Gasteiger partial charge in [0.1, 0.15) is 0 Å². The van der Waals surface area contributed by atoms with Crippen LogP contribution < -0.4 is 0 Å². The third kappa shape index (κ3) is 6.88. The van der Waals surface area contributed by atoms with E-state index in [9.17, 15) is 0 Å². The Morgan fingerprint density at radius 2 is 1.20 bits per heavy atom. The van der Waals surface area contributed by atoms with Gasteiger partial charge in [-0.2, -0.15) is 0 Å². The van der Waals surface area contributed by atoms with E-state index in [1.54, 1.807) is 0 Å². The fourth-order valence-electron chi connectivity index (χ4n) is 1.14. The Morgan fingerprint density at radius 1 is 0.933 bits per heavy atom. The molecule has 2 saturated carbocycles. The second-order valence-corrected chi connectivity index (χ2v) is 9.51. The zero-order valence-corrected chi connectivity index (χ0v) is 13.3. The van der Waals surface area contributed by atoms with Crippen LogP contribution in [0.15, 0.2) is 9.98 Å². The molecule has 0 aromatic heterocycles. The molecule has 0 spiro atoms. The topological polar surface area (TPSA) is 24.7 Å². The summed E-state index contributed by atoms with van der Waals surface area (Å²) >= 11 is 7.00. The van der Waals surface area contributed by atoms with Crippen molar-refractivity contribution in [2.24, 2.45) is 9.98 Å². The van der Waals surface area contributed by atoms with Crippen molar-refractivity contribution in [3.05, 3.63) is 0 Å². The molecule has 0 atom stereocenters. The zero-order chi connectivity index (χ0) is 11.3. The molecule has 2 aliphatic rings. The second kappa shape index (κ2) is 7.20. The Morgan fingerprint density at radius 3 is 1.40 bits per heavy atom. The van der Waals surface area contributed by atoms with Crippen molar-refractivity contribution in [1.82, 2.24) is 0 Å². The first-order valence-corrected chi connectivity index (χ1v) is 10.6. The number of rotatable bonds is 3. The van der Waals surface area contributed by atoms with Crippen LogP contribution in [0.5, 0.6) is 0 Å². The van der Waals surface area contributed by atoms with Gasteiger partial charge >= 0.3 is 39.6 Å². The number of nitrogens with zero attached hydrogens (tertiary/aromatic N) is 2. The summed E-state index contributed by atoms with van der Waals surface area (Å²) in [7, 11) is 0. The first kappa shape index (κ1) is 13.9. The van der Waals surface area contributed by atoms with Crippen LogP contribution in [-0.4, -0.2) is 23.5 Å². The summed E-state index contributed by atoms with van der Waals surface area (Å²) < 4.78 is 0. The average molecular weight is 380 g/mol. The van der Waals surface area contributed by atoms with Crippen LogP contribution in [0.25, 0.3) is 0 Å². The van der Waals surface area contributed by atoms with Crippen molar-refractivity contribution >= 4 is 39.6 Å². The zero-order valence-electron chi connectivity index (χ0n) is 8.99. The van der Waals surface area contributed by atoms with Gasteiger partial charge in [-0.1, -0.05) is 0 Å². The first-order chi connectivity index (χ1) is 7.17. The van der Waals surface area contributed by atoms with Gasteiger partial charge in [-0.05, 0) is 39.5 Å². The molecule has 5 heteroatoms. The van der Waals surface area contributed by atoms with E-state index in [-0.39, 0.29) is 0 Å². The van der Waals surface area contributed by atoms with Crippen molar-refractivity contribution < 1.29 is 11.3 Å². The summed E-state index contributed by atoms with van der Waals surface area (Å²) in [5.41, 5.74) is 2.31. The van der Waals surface area contributed by atoms with Crippen molar-refractivity contribution in [2.75, 3.05) is 0 Å². The molecular formula is C10H16Br2FeN2. The van der Waals surface area contributed by atoms with Gasteiger partial charge in [0.15, 0.2) is 0 Å². The molecule has 88 valence electrons. The normalized spacial score (nSPS) is 22.4. The van der Waals surface area contributed by atoms with Gasteiger partial charge in [0.25, 0.3) is 0 Å². The third-order valence-corrected chi connectivity index (χ3v) is 2.37. The molecule has 0 unspecified atom stereocenters. The van der Waals surface area contributed by atoms with Gasteiger partial charge in [0, 0.05) is 0 Å². The van der Waals surface area contributed by atoms with Crippen LogP contribution in [0.3, 0.4) is 0 Å². The van der Waals surface area contributed by atoms with Crippen molar-refractivity contribution in [3.8, 4) is 0 Å². The van der Waals surface area contributed by atoms with Crippen molar-refractivity contribution in [3.63, 3.8) is 0 Å². The summed E-state index contributed by atoms with van der Waals surface area (Å²) in [5, 5.41) is 0. The van der Waals surface area contributed by atoms with E-state index in [1.807, 2.05) is 0 Å². The number of aliphatic imine (C=N–C) groups is 2. The van der Waals surface area contributed by atoms with E-state index in [0.717, 1.165) is 22.8 Å². The van der Waals surface area contributed by atoms with Gasteiger partial charge in [0.2, 0.25) is 0 Å². The average Bonchev–Trinajstić information content (AvgIpc) is 2.99. The Bertz CT molecular complexity index is 232. The molecule has 2 rings (SSSR count). The summed E-state index contributed by atoms with van der Waals surface area (Å²) in [5.74, 6) is 0. The predicted molar refractivity (Wildman–Crippen MR) is 70.1 cm³/mol. The summed E-state index contributed by atoms with van der Waals surface area (Å²) in [6.07, 6.45) is 5.14. The van der Waals surface area contributed by atoms with E-state index in [1.165, 1.54) is 25.7 Å². The molecule has 0 bridgehead atoms. The second-order valence-electron chi connectivity index (χ2n) is 3.94. The quantitative estimate of drug-likeness (QED) is 0.524. The van der Waals surface area contributed by atoms with Crippen molar-refractivity contribution in [2.45, 2.75) is 51.6 Å². The SMILES string of the molecule is CC(=NC1CC1)C(C)=NC1CC1.[Br][Fe][Br]. The van der Waals surface area contributed by atoms with Crippen LogP contribution in [0, 0.1) is 0 Å². The Hall–Kier alpha value is 0.819. The summed E-state index contributed by atoms with van der Waals surface area (Å²) in [4.78, 5) is 9.11. The first-order valence-electron chi connectivity index (χ1n) is 5.11. The van der Waals surface area contributed by atoms with Crippen LogP contribution in [0.4, 0.5) is 0 Å². The van der Waals surface area contributed by atoms with Gasteiger partial charge in [-0.15, -0.1) is 0 Å². The Kier molecular flexibility index (Phi) is 6.67. The third-order valence-electron chi connectivity index (χ3n) is 2.37. The molecule has 0 aromatic carbocycles. The Balaban J connectivity index is 0.000000337. The minimum absolute atomic E-state index is 0.634. The maximum absolute atomic E-state index is 4.56. The van der Waals surface area contributed by atoms with E-state index in [4.69, 9.17) is 0 Å². The van der Waals surface area contributed by atoms with Gasteiger partial charge < -0.3 is 0 Å². The standard InChI is InChI=1S/C10H16N2.2BrH.Fe/c1-7(11-9-3-4-9)8(2)12-10-5-6-10;;;/h9-10H,3-6H2,1-2H3;2*1H;/q;;;+2/p-2. The van der Waals surface area contributed by atoms with E-state index in [2.05, 4.69) is 52.1 Å². The molecule has 0 heterocycles. The van der Waals surface area contributed by atoms with E-state index >= 15 is 0 Å². The molecule has 0 aromatic rings. The molecule has 15 heavy (non-hydrogen) atoms.